The van der Waals surface area contributed by atoms with E-state index >= 15 is 0 Å². The summed E-state index contributed by atoms with van der Waals surface area (Å²) in [5.74, 6) is 1.43. The Balaban J connectivity index is 1.51. The van der Waals surface area contributed by atoms with E-state index in [0.717, 1.165) is 55.9 Å². The quantitative estimate of drug-likeness (QED) is 0.609. The summed E-state index contributed by atoms with van der Waals surface area (Å²) in [5, 5.41) is 4.28. The van der Waals surface area contributed by atoms with E-state index in [1.807, 2.05) is 24.3 Å². The fourth-order valence-electron chi connectivity index (χ4n) is 4.14. The second-order valence-electron chi connectivity index (χ2n) is 8.08. The molecule has 4 heterocycles. The minimum atomic E-state index is 0.481. The molecule has 1 fully saturated rings. The summed E-state index contributed by atoms with van der Waals surface area (Å²) < 4.78 is 9.21. The van der Waals surface area contributed by atoms with Gasteiger partial charge in [0.05, 0.1) is 24.6 Å². The van der Waals surface area contributed by atoms with E-state index in [4.69, 9.17) is 9.72 Å². The van der Waals surface area contributed by atoms with E-state index in [9.17, 15) is 0 Å². The smallest absolute Gasteiger partial charge is 0.156 e. The van der Waals surface area contributed by atoms with Gasteiger partial charge in [0.2, 0.25) is 0 Å². The SMILES string of the molecule is COCCN(C)c1nc(C2CCN(Cc3cnn(C)c3)CC2)cc2c1ncn2C. The number of pyridine rings is 1. The number of likely N-dealkylation sites (tertiary alicyclic amines) is 1. The van der Waals surface area contributed by atoms with E-state index < -0.39 is 0 Å². The van der Waals surface area contributed by atoms with Crippen LogP contribution in [0.15, 0.2) is 24.8 Å². The highest BCUT2D eigenvalue weighted by Gasteiger charge is 2.24. The van der Waals surface area contributed by atoms with Crippen LogP contribution in [-0.4, -0.2) is 69.6 Å². The number of aryl methyl sites for hydroxylation is 2. The molecule has 29 heavy (non-hydrogen) atoms. The van der Waals surface area contributed by atoms with Gasteiger partial charge in [-0.3, -0.25) is 9.58 Å². The number of fused-ring (bicyclic) bond motifs is 1. The van der Waals surface area contributed by atoms with Gasteiger partial charge in [0.1, 0.15) is 5.52 Å². The van der Waals surface area contributed by atoms with Gasteiger partial charge in [-0.05, 0) is 32.0 Å². The van der Waals surface area contributed by atoms with Crippen molar-refractivity contribution >= 4 is 16.9 Å². The van der Waals surface area contributed by atoms with Crippen LogP contribution in [-0.2, 0) is 25.4 Å². The number of hydrogen-bond acceptors (Lipinski definition) is 6. The van der Waals surface area contributed by atoms with Gasteiger partial charge >= 0.3 is 0 Å². The molecule has 0 aromatic carbocycles. The number of imidazole rings is 1. The van der Waals surface area contributed by atoms with E-state index in [1.54, 1.807) is 7.11 Å². The summed E-state index contributed by atoms with van der Waals surface area (Å²) in [5.41, 5.74) is 4.57. The summed E-state index contributed by atoms with van der Waals surface area (Å²) in [6.45, 7) is 4.60. The molecule has 0 N–H and O–H groups in total. The van der Waals surface area contributed by atoms with Crippen LogP contribution in [0.25, 0.3) is 11.0 Å². The van der Waals surface area contributed by atoms with Crippen LogP contribution < -0.4 is 4.90 Å². The lowest BCUT2D eigenvalue weighted by Gasteiger charge is -2.32. The van der Waals surface area contributed by atoms with Crippen molar-refractivity contribution in [2.75, 3.05) is 45.3 Å². The maximum atomic E-state index is 5.25. The minimum absolute atomic E-state index is 0.481. The molecule has 0 spiro atoms. The molecule has 0 bridgehead atoms. The van der Waals surface area contributed by atoms with Crippen LogP contribution in [0.3, 0.4) is 0 Å². The minimum Gasteiger partial charge on any atom is -0.383 e. The van der Waals surface area contributed by atoms with Crippen LogP contribution in [0, 0.1) is 0 Å². The highest BCUT2D eigenvalue weighted by molar-refractivity contribution is 5.87. The highest BCUT2D eigenvalue weighted by atomic mass is 16.5. The largest absolute Gasteiger partial charge is 0.383 e. The normalized spacial score (nSPS) is 16.0. The van der Waals surface area contributed by atoms with Crippen LogP contribution in [0.1, 0.15) is 30.0 Å². The summed E-state index contributed by atoms with van der Waals surface area (Å²) in [6, 6.07) is 2.23. The summed E-state index contributed by atoms with van der Waals surface area (Å²) in [6.07, 6.45) is 8.19. The fourth-order valence-corrected chi connectivity index (χ4v) is 4.14. The van der Waals surface area contributed by atoms with Gasteiger partial charge < -0.3 is 14.2 Å². The van der Waals surface area contributed by atoms with Crippen molar-refractivity contribution in [3.8, 4) is 0 Å². The molecule has 0 unspecified atom stereocenters. The molecule has 1 aliphatic heterocycles. The Bertz CT molecular complexity index is 955. The summed E-state index contributed by atoms with van der Waals surface area (Å²) in [7, 11) is 7.81. The second-order valence-corrected chi connectivity index (χ2v) is 8.08. The van der Waals surface area contributed by atoms with Gasteiger partial charge in [0.25, 0.3) is 0 Å². The average molecular weight is 398 g/mol. The molecular weight excluding hydrogens is 366 g/mol. The lowest BCUT2D eigenvalue weighted by molar-refractivity contribution is 0.203. The van der Waals surface area contributed by atoms with Crippen molar-refractivity contribution in [1.82, 2.24) is 29.2 Å². The standard InChI is InChI=1S/C21H31N7O/c1-25(9-10-29-4)21-20-19(26(2)15-22-20)11-18(24-21)17-5-7-28(8-6-17)14-16-12-23-27(3)13-16/h11-13,15,17H,5-10,14H2,1-4H3. The number of likely N-dealkylation sites (N-methyl/N-ethyl adjacent to an activating group) is 1. The van der Waals surface area contributed by atoms with Crippen molar-refractivity contribution < 1.29 is 4.74 Å². The number of nitrogens with zero attached hydrogens (tertiary/aromatic N) is 7. The zero-order valence-electron chi connectivity index (χ0n) is 17.9. The maximum Gasteiger partial charge on any atom is 0.156 e. The average Bonchev–Trinajstić information content (AvgIpc) is 3.31. The highest BCUT2D eigenvalue weighted by Crippen LogP contribution is 2.32. The van der Waals surface area contributed by atoms with Gasteiger partial charge in [0.15, 0.2) is 5.82 Å². The third-order valence-corrected chi connectivity index (χ3v) is 5.88. The first-order valence-electron chi connectivity index (χ1n) is 10.3. The van der Waals surface area contributed by atoms with Gasteiger partial charge in [-0.25, -0.2) is 9.97 Å². The number of ether oxygens (including phenoxy) is 1. The van der Waals surface area contributed by atoms with Crippen LogP contribution in [0.5, 0.6) is 0 Å². The van der Waals surface area contributed by atoms with E-state index in [1.165, 1.54) is 11.3 Å². The Hall–Kier alpha value is -2.45. The third-order valence-electron chi connectivity index (χ3n) is 5.88. The van der Waals surface area contributed by atoms with E-state index in [0.29, 0.717) is 12.5 Å². The monoisotopic (exact) mass is 397 g/mol. The zero-order valence-corrected chi connectivity index (χ0v) is 17.9. The Morgan fingerprint density at radius 1 is 1.24 bits per heavy atom. The Morgan fingerprint density at radius 2 is 2.03 bits per heavy atom. The van der Waals surface area contributed by atoms with Crippen LogP contribution >= 0.6 is 0 Å². The Morgan fingerprint density at radius 3 is 2.72 bits per heavy atom. The topological polar surface area (TPSA) is 64.2 Å². The fraction of sp³-hybridized carbons (Fsp3) is 0.571. The molecule has 3 aromatic rings. The molecule has 0 radical (unpaired) electrons. The van der Waals surface area contributed by atoms with Gasteiger partial charge in [-0.15, -0.1) is 0 Å². The number of rotatable bonds is 7. The third kappa shape index (κ3) is 4.28. The number of anilines is 1. The molecule has 156 valence electrons. The number of aromatic nitrogens is 5. The van der Waals surface area contributed by atoms with Crippen molar-refractivity contribution in [1.29, 1.82) is 0 Å². The summed E-state index contributed by atoms with van der Waals surface area (Å²) in [4.78, 5) is 14.3. The van der Waals surface area contributed by atoms with Crippen molar-refractivity contribution in [3.05, 3.63) is 36.0 Å². The number of hydrogen-bond donors (Lipinski definition) is 0. The zero-order chi connectivity index (χ0) is 20.4. The van der Waals surface area contributed by atoms with Crippen LogP contribution in [0.2, 0.25) is 0 Å². The van der Waals surface area contributed by atoms with Crippen molar-refractivity contribution in [2.45, 2.75) is 25.3 Å². The first kappa shape index (κ1) is 19.8. The number of piperidine rings is 1. The molecule has 0 saturated carbocycles. The van der Waals surface area contributed by atoms with E-state index in [2.05, 4.69) is 50.8 Å². The Kier molecular flexibility index (Phi) is 5.82. The molecule has 3 aromatic heterocycles. The van der Waals surface area contributed by atoms with Crippen molar-refractivity contribution in [3.63, 3.8) is 0 Å². The molecule has 0 amide bonds. The molecule has 8 heteroatoms. The molecule has 1 saturated heterocycles. The Labute approximate surface area is 172 Å². The predicted molar refractivity (Wildman–Crippen MR) is 114 cm³/mol. The first-order chi connectivity index (χ1) is 14.0. The summed E-state index contributed by atoms with van der Waals surface area (Å²) >= 11 is 0. The lowest BCUT2D eigenvalue weighted by Crippen LogP contribution is -2.32. The van der Waals surface area contributed by atoms with Gasteiger partial charge in [0, 0.05) is 64.7 Å². The van der Waals surface area contributed by atoms with Crippen molar-refractivity contribution in [2.24, 2.45) is 14.1 Å². The molecule has 0 atom stereocenters. The second kappa shape index (κ2) is 8.51. The molecular formula is C21H31N7O. The maximum absolute atomic E-state index is 5.25. The molecule has 4 rings (SSSR count). The van der Waals surface area contributed by atoms with Gasteiger partial charge in [-0.2, -0.15) is 5.10 Å². The molecule has 8 nitrogen and oxygen atoms in total. The van der Waals surface area contributed by atoms with Gasteiger partial charge in [-0.1, -0.05) is 0 Å². The van der Waals surface area contributed by atoms with Crippen LogP contribution in [0.4, 0.5) is 5.82 Å². The molecule has 0 aliphatic carbocycles. The molecule has 1 aliphatic rings. The first-order valence-corrected chi connectivity index (χ1v) is 10.3. The predicted octanol–water partition coefficient (Wildman–Crippen LogP) is 2.16. The van der Waals surface area contributed by atoms with E-state index in [-0.39, 0.29) is 0 Å². The number of methoxy groups -OCH3 is 1. The lowest BCUT2D eigenvalue weighted by atomic mass is 9.92.